The van der Waals surface area contributed by atoms with Crippen LogP contribution < -0.4 is 11.1 Å². The molecule has 0 spiro atoms. The Hall–Kier alpha value is -2.19. The van der Waals surface area contributed by atoms with Crippen LogP contribution in [0.15, 0.2) is 29.2 Å². The van der Waals surface area contributed by atoms with E-state index in [1.54, 1.807) is 0 Å². The first-order chi connectivity index (χ1) is 12.2. The lowest BCUT2D eigenvalue weighted by atomic mass is 9.88. The van der Waals surface area contributed by atoms with Crippen molar-refractivity contribution in [1.82, 2.24) is 0 Å². The van der Waals surface area contributed by atoms with Crippen LogP contribution in [0.2, 0.25) is 0 Å². The molecule has 0 bridgehead atoms. The predicted molar refractivity (Wildman–Crippen MR) is 102 cm³/mol. The highest BCUT2D eigenvalue weighted by Gasteiger charge is 2.27. The summed E-state index contributed by atoms with van der Waals surface area (Å²) in [4.78, 5) is 25.7. The maximum atomic E-state index is 12.6. The molecule has 0 aliphatic heterocycles. The van der Waals surface area contributed by atoms with Gasteiger partial charge in [0, 0.05) is 16.7 Å². The number of nitrogens with two attached hydrogens (primary N) is 1. The number of fused-ring (bicyclic) bond motifs is 1. The predicted octanol–water partition coefficient (Wildman–Crippen LogP) is 2.63. The number of hydrogen-bond acceptors (Lipinski definition) is 5. The van der Waals surface area contributed by atoms with Gasteiger partial charge in [0.2, 0.25) is 0 Å². The summed E-state index contributed by atoms with van der Waals surface area (Å²) < 4.78 is 23.4. The standard InChI is InChI=1S/C18H20N2O4S2/c1-10-6-7-13-14(8-10)25-18(15(13)16(19)21)20-17(22)11-4-3-5-12(9-11)26(2,23)24/h3-5,9-10H,6-8H2,1-2H3,(H2,19,21)(H,20,22)/t10-/m0/s1. The van der Waals surface area contributed by atoms with Crippen LogP contribution in [0, 0.1) is 5.92 Å². The fourth-order valence-electron chi connectivity index (χ4n) is 3.14. The Kier molecular flexibility index (Phi) is 4.90. The molecule has 1 aromatic heterocycles. The molecule has 6 nitrogen and oxygen atoms in total. The van der Waals surface area contributed by atoms with Crippen molar-refractivity contribution in [2.75, 3.05) is 11.6 Å². The number of carbonyl (C=O) groups excluding carboxylic acids is 2. The summed E-state index contributed by atoms with van der Waals surface area (Å²) in [7, 11) is -3.41. The zero-order valence-corrected chi connectivity index (χ0v) is 16.2. The minimum Gasteiger partial charge on any atom is -0.365 e. The number of sulfone groups is 1. The van der Waals surface area contributed by atoms with Gasteiger partial charge in [0.1, 0.15) is 5.00 Å². The molecule has 1 atom stereocenters. The van der Waals surface area contributed by atoms with Crippen molar-refractivity contribution in [3.63, 3.8) is 0 Å². The normalized spacial score (nSPS) is 16.8. The molecule has 138 valence electrons. The highest BCUT2D eigenvalue weighted by molar-refractivity contribution is 7.90. The molecule has 26 heavy (non-hydrogen) atoms. The number of thiophene rings is 1. The Morgan fingerprint density at radius 2 is 2.04 bits per heavy atom. The van der Waals surface area contributed by atoms with Crippen molar-refractivity contribution < 1.29 is 18.0 Å². The van der Waals surface area contributed by atoms with E-state index >= 15 is 0 Å². The van der Waals surface area contributed by atoms with Gasteiger partial charge in [-0.15, -0.1) is 11.3 Å². The molecule has 1 aliphatic rings. The number of anilines is 1. The summed E-state index contributed by atoms with van der Waals surface area (Å²) in [6, 6.07) is 5.81. The first-order valence-electron chi connectivity index (χ1n) is 8.22. The van der Waals surface area contributed by atoms with Gasteiger partial charge in [0.15, 0.2) is 9.84 Å². The zero-order chi connectivity index (χ0) is 19.1. The molecule has 1 aromatic carbocycles. The summed E-state index contributed by atoms with van der Waals surface area (Å²) in [5, 5.41) is 3.18. The Bertz CT molecular complexity index is 993. The van der Waals surface area contributed by atoms with Gasteiger partial charge >= 0.3 is 0 Å². The second-order valence-corrected chi connectivity index (χ2v) is 9.80. The molecule has 0 saturated heterocycles. The summed E-state index contributed by atoms with van der Waals surface area (Å²) >= 11 is 1.38. The van der Waals surface area contributed by atoms with Crippen molar-refractivity contribution in [1.29, 1.82) is 0 Å². The maximum absolute atomic E-state index is 12.6. The van der Waals surface area contributed by atoms with Crippen molar-refractivity contribution in [2.24, 2.45) is 11.7 Å². The smallest absolute Gasteiger partial charge is 0.256 e. The molecule has 3 N–H and O–H groups in total. The number of primary amides is 1. The summed E-state index contributed by atoms with van der Waals surface area (Å²) in [6.45, 7) is 2.15. The monoisotopic (exact) mass is 392 g/mol. The topological polar surface area (TPSA) is 106 Å². The molecule has 8 heteroatoms. The quantitative estimate of drug-likeness (QED) is 0.834. The van der Waals surface area contributed by atoms with E-state index in [1.165, 1.54) is 35.6 Å². The molecule has 3 rings (SSSR count). The van der Waals surface area contributed by atoms with Gasteiger partial charge in [-0.05, 0) is 48.9 Å². The van der Waals surface area contributed by atoms with Gasteiger partial charge in [-0.2, -0.15) is 0 Å². The molecule has 0 unspecified atom stereocenters. The van der Waals surface area contributed by atoms with E-state index in [0.717, 1.165) is 36.0 Å². The van der Waals surface area contributed by atoms with Gasteiger partial charge in [-0.25, -0.2) is 8.42 Å². The van der Waals surface area contributed by atoms with Gasteiger partial charge in [-0.3, -0.25) is 9.59 Å². The van der Waals surface area contributed by atoms with E-state index in [2.05, 4.69) is 12.2 Å². The van der Waals surface area contributed by atoms with Crippen molar-refractivity contribution >= 4 is 38.0 Å². The fraction of sp³-hybridized carbons (Fsp3) is 0.333. The average molecular weight is 393 g/mol. The van der Waals surface area contributed by atoms with Gasteiger partial charge < -0.3 is 11.1 Å². The third-order valence-electron chi connectivity index (χ3n) is 4.51. The second-order valence-electron chi connectivity index (χ2n) is 6.67. The summed E-state index contributed by atoms with van der Waals surface area (Å²) in [5.41, 5.74) is 7.07. The molecule has 2 aromatic rings. The fourth-order valence-corrected chi connectivity index (χ4v) is 5.22. The molecule has 0 fully saturated rings. The molecule has 0 radical (unpaired) electrons. The third-order valence-corrected chi connectivity index (χ3v) is 6.79. The highest BCUT2D eigenvalue weighted by Crippen LogP contribution is 2.39. The van der Waals surface area contributed by atoms with Crippen molar-refractivity contribution in [2.45, 2.75) is 31.1 Å². The minimum atomic E-state index is -3.41. The van der Waals surface area contributed by atoms with Crippen molar-refractivity contribution in [3.05, 3.63) is 45.8 Å². The number of rotatable bonds is 4. The van der Waals surface area contributed by atoms with Crippen LogP contribution in [0.25, 0.3) is 0 Å². The van der Waals surface area contributed by atoms with Crippen LogP contribution in [0.4, 0.5) is 5.00 Å². The van der Waals surface area contributed by atoms with E-state index in [4.69, 9.17) is 5.73 Å². The van der Waals surface area contributed by atoms with Crippen LogP contribution in [0.5, 0.6) is 0 Å². The zero-order valence-electron chi connectivity index (χ0n) is 14.5. The molecule has 1 aliphatic carbocycles. The number of amides is 2. The van der Waals surface area contributed by atoms with E-state index < -0.39 is 21.7 Å². The molecule has 2 amide bonds. The van der Waals surface area contributed by atoms with Gasteiger partial charge in [0.25, 0.3) is 11.8 Å². The first-order valence-corrected chi connectivity index (χ1v) is 10.9. The molecule has 1 heterocycles. The lowest BCUT2D eigenvalue weighted by Gasteiger charge is -2.18. The van der Waals surface area contributed by atoms with Gasteiger partial charge in [0.05, 0.1) is 10.5 Å². The number of carbonyl (C=O) groups is 2. The van der Waals surface area contributed by atoms with Crippen LogP contribution >= 0.6 is 11.3 Å². The molecular formula is C18H20N2O4S2. The number of nitrogens with one attached hydrogen (secondary N) is 1. The summed E-state index contributed by atoms with van der Waals surface area (Å²) in [6.07, 6.45) is 3.70. The average Bonchev–Trinajstić information content (AvgIpc) is 2.91. The minimum absolute atomic E-state index is 0.0690. The lowest BCUT2D eigenvalue weighted by Crippen LogP contribution is -2.19. The molecular weight excluding hydrogens is 372 g/mol. The Balaban J connectivity index is 1.94. The third kappa shape index (κ3) is 3.66. The van der Waals surface area contributed by atoms with E-state index in [-0.39, 0.29) is 10.5 Å². The summed E-state index contributed by atoms with van der Waals surface area (Å²) in [5.74, 6) is -0.501. The maximum Gasteiger partial charge on any atom is 0.256 e. The number of benzene rings is 1. The van der Waals surface area contributed by atoms with Crippen LogP contribution in [0.1, 0.15) is 44.5 Å². The first kappa shape index (κ1) is 18.6. The van der Waals surface area contributed by atoms with E-state index in [0.29, 0.717) is 16.5 Å². The van der Waals surface area contributed by atoms with Crippen molar-refractivity contribution in [3.8, 4) is 0 Å². The van der Waals surface area contributed by atoms with Crippen LogP contribution in [0.3, 0.4) is 0 Å². The second kappa shape index (κ2) is 6.85. The molecule has 0 saturated carbocycles. The Labute approximate surface area is 156 Å². The Morgan fingerprint density at radius 1 is 1.31 bits per heavy atom. The highest BCUT2D eigenvalue weighted by atomic mass is 32.2. The van der Waals surface area contributed by atoms with Crippen LogP contribution in [-0.2, 0) is 22.7 Å². The van der Waals surface area contributed by atoms with Gasteiger partial charge in [-0.1, -0.05) is 13.0 Å². The van der Waals surface area contributed by atoms with Crippen LogP contribution in [-0.4, -0.2) is 26.5 Å². The largest absolute Gasteiger partial charge is 0.365 e. The van der Waals surface area contributed by atoms with E-state index in [1.807, 2.05) is 0 Å². The number of hydrogen-bond donors (Lipinski definition) is 2. The Morgan fingerprint density at radius 3 is 2.69 bits per heavy atom. The SMILES string of the molecule is C[C@H]1CCc2c(sc(NC(=O)c3cccc(S(C)(=O)=O)c3)c2C(N)=O)C1. The van der Waals surface area contributed by atoms with E-state index in [9.17, 15) is 18.0 Å². The lowest BCUT2D eigenvalue weighted by molar-refractivity contribution is 0.1000.